The molecule has 2 aromatic carbocycles. The summed E-state index contributed by atoms with van der Waals surface area (Å²) < 4.78 is 47.6. The van der Waals surface area contributed by atoms with Crippen molar-refractivity contribution in [3.8, 4) is 5.75 Å². The molecule has 0 aromatic heterocycles. The first-order valence-electron chi connectivity index (χ1n) is 13.8. The van der Waals surface area contributed by atoms with E-state index in [1.165, 1.54) is 13.2 Å². The van der Waals surface area contributed by atoms with Gasteiger partial charge >= 0.3 is 6.18 Å². The lowest BCUT2D eigenvalue weighted by atomic mass is 9.82. The van der Waals surface area contributed by atoms with Crippen LogP contribution in [0.3, 0.4) is 0 Å². The van der Waals surface area contributed by atoms with Gasteiger partial charge < -0.3 is 24.5 Å². The minimum absolute atomic E-state index is 0.0178. The van der Waals surface area contributed by atoms with E-state index in [0.717, 1.165) is 55.1 Å². The fraction of sp³-hybridized carbons (Fsp3) is 0.533. The summed E-state index contributed by atoms with van der Waals surface area (Å²) in [4.78, 5) is 30.3. The highest BCUT2D eigenvalue weighted by atomic mass is 35.5. The van der Waals surface area contributed by atoms with Crippen LogP contribution in [-0.4, -0.2) is 80.3 Å². The SMILES string of the molecule is COc1cc(Cl)cc([C@@](O)(C(=O)N2CCC(CC3CCN(c4ccc(C(=O)N(C)C)cc4)CC3)CC2)C(F)(F)F)c1. The number of ether oxygens (including phenoxy) is 1. The lowest BCUT2D eigenvalue weighted by Gasteiger charge is -2.40. The number of likely N-dealkylation sites (tertiary alicyclic amines) is 1. The van der Waals surface area contributed by atoms with Crippen molar-refractivity contribution in [2.24, 2.45) is 11.8 Å². The van der Waals surface area contributed by atoms with Crippen molar-refractivity contribution in [3.05, 3.63) is 58.6 Å². The van der Waals surface area contributed by atoms with Gasteiger partial charge in [-0.2, -0.15) is 13.2 Å². The van der Waals surface area contributed by atoms with E-state index in [0.29, 0.717) is 30.2 Å². The molecule has 2 amide bonds. The normalized spacial score (nSPS) is 18.6. The molecule has 4 rings (SSSR count). The van der Waals surface area contributed by atoms with Crippen LogP contribution >= 0.6 is 11.6 Å². The monoisotopic (exact) mass is 595 g/mol. The summed E-state index contributed by atoms with van der Waals surface area (Å²) >= 11 is 5.96. The molecule has 1 N–H and O–H groups in total. The number of carbonyl (C=O) groups is 2. The number of hydrogen-bond acceptors (Lipinski definition) is 5. The van der Waals surface area contributed by atoms with E-state index in [1.807, 2.05) is 24.3 Å². The Morgan fingerprint density at radius 3 is 2.05 bits per heavy atom. The van der Waals surface area contributed by atoms with Crippen LogP contribution in [0.5, 0.6) is 5.75 Å². The minimum Gasteiger partial charge on any atom is -0.497 e. The van der Waals surface area contributed by atoms with Gasteiger partial charge in [0, 0.05) is 62.1 Å². The van der Waals surface area contributed by atoms with Gasteiger partial charge in [0.2, 0.25) is 0 Å². The maximum absolute atomic E-state index is 14.2. The smallest absolute Gasteiger partial charge is 0.430 e. The van der Waals surface area contributed by atoms with Crippen LogP contribution in [0.15, 0.2) is 42.5 Å². The molecule has 2 heterocycles. The Morgan fingerprint density at radius 2 is 1.54 bits per heavy atom. The van der Waals surface area contributed by atoms with E-state index in [-0.39, 0.29) is 29.8 Å². The predicted octanol–water partition coefficient (Wildman–Crippen LogP) is 5.35. The number of halogens is 4. The second-order valence-electron chi connectivity index (χ2n) is 11.2. The van der Waals surface area contributed by atoms with Gasteiger partial charge in [0.25, 0.3) is 17.4 Å². The quantitative estimate of drug-likeness (QED) is 0.468. The van der Waals surface area contributed by atoms with E-state index < -0.39 is 23.2 Å². The average molecular weight is 596 g/mol. The van der Waals surface area contributed by atoms with Crippen molar-refractivity contribution in [1.82, 2.24) is 9.80 Å². The Balaban J connectivity index is 1.31. The third-order valence-corrected chi connectivity index (χ3v) is 8.53. The summed E-state index contributed by atoms with van der Waals surface area (Å²) in [6.45, 7) is 2.09. The molecule has 2 aliphatic rings. The highest BCUT2D eigenvalue weighted by Crippen LogP contribution is 2.43. The van der Waals surface area contributed by atoms with Gasteiger partial charge in [0.1, 0.15) is 5.75 Å². The van der Waals surface area contributed by atoms with Crippen LogP contribution in [0.1, 0.15) is 48.0 Å². The molecule has 2 fully saturated rings. The summed E-state index contributed by atoms with van der Waals surface area (Å²) in [5.74, 6) is -0.601. The fourth-order valence-corrected chi connectivity index (χ4v) is 6.09. The molecule has 0 spiro atoms. The Kier molecular flexibility index (Phi) is 9.43. The summed E-state index contributed by atoms with van der Waals surface area (Å²) in [7, 11) is 4.72. The molecule has 2 aromatic rings. The van der Waals surface area contributed by atoms with Crippen LogP contribution in [0.4, 0.5) is 18.9 Å². The van der Waals surface area contributed by atoms with Crippen LogP contribution in [0.2, 0.25) is 5.02 Å². The van der Waals surface area contributed by atoms with Crippen LogP contribution in [-0.2, 0) is 10.4 Å². The van der Waals surface area contributed by atoms with Gasteiger partial charge in [0.05, 0.1) is 7.11 Å². The molecular weight excluding hydrogens is 559 g/mol. The Labute approximate surface area is 243 Å². The second kappa shape index (κ2) is 12.5. The van der Waals surface area contributed by atoms with Gasteiger partial charge in [-0.05, 0) is 86.4 Å². The zero-order chi connectivity index (χ0) is 29.9. The first kappa shape index (κ1) is 31.0. The Hall–Kier alpha value is -2.98. The number of carbonyl (C=O) groups excluding carboxylic acids is 2. The largest absolute Gasteiger partial charge is 0.497 e. The number of anilines is 1. The third kappa shape index (κ3) is 6.75. The van der Waals surface area contributed by atoms with Gasteiger partial charge in [-0.3, -0.25) is 9.59 Å². The molecule has 7 nitrogen and oxygen atoms in total. The van der Waals surface area contributed by atoms with Crippen LogP contribution < -0.4 is 9.64 Å². The minimum atomic E-state index is -5.24. The molecule has 0 radical (unpaired) electrons. The molecule has 11 heteroatoms. The zero-order valence-corrected chi connectivity index (χ0v) is 24.3. The van der Waals surface area contributed by atoms with E-state index in [2.05, 4.69) is 4.90 Å². The molecule has 0 aliphatic carbocycles. The molecule has 0 bridgehead atoms. The highest BCUT2D eigenvalue weighted by molar-refractivity contribution is 6.30. The van der Waals surface area contributed by atoms with Crippen molar-refractivity contribution < 1.29 is 32.6 Å². The number of piperidine rings is 2. The Bertz CT molecular complexity index is 1220. The zero-order valence-electron chi connectivity index (χ0n) is 23.6. The molecule has 0 unspecified atom stereocenters. The topological polar surface area (TPSA) is 73.3 Å². The lowest BCUT2D eigenvalue weighted by molar-refractivity contribution is -0.262. The molecule has 2 aliphatic heterocycles. The van der Waals surface area contributed by atoms with E-state index >= 15 is 0 Å². The summed E-state index contributed by atoms with van der Waals surface area (Å²) in [6, 6.07) is 10.9. The molecular formula is C30H37ClF3N3O4. The van der Waals surface area contributed by atoms with Crippen LogP contribution in [0.25, 0.3) is 0 Å². The third-order valence-electron chi connectivity index (χ3n) is 8.31. The summed E-state index contributed by atoms with van der Waals surface area (Å²) in [5.41, 5.74) is -2.64. The standard InChI is InChI=1S/C30H37ClF3N3O4/c1-35(2)27(38)22-4-6-25(7-5-22)36-12-8-20(9-13-36)16-21-10-14-37(15-11-21)28(39)29(40,30(32,33)34)23-17-24(31)19-26(18-23)41-3/h4-7,17-21,40H,8-16H2,1-3H3/t29-/m1/s1. The number of aliphatic hydroxyl groups is 1. The number of amides is 2. The van der Waals surface area contributed by atoms with Crippen molar-refractivity contribution in [1.29, 1.82) is 0 Å². The molecule has 224 valence electrons. The average Bonchev–Trinajstić information content (AvgIpc) is 2.95. The van der Waals surface area contributed by atoms with Gasteiger partial charge in [-0.1, -0.05) is 11.6 Å². The number of hydrogen-bond donors (Lipinski definition) is 1. The van der Waals surface area contributed by atoms with Crippen molar-refractivity contribution in [2.45, 2.75) is 43.9 Å². The van der Waals surface area contributed by atoms with Gasteiger partial charge in [0.15, 0.2) is 0 Å². The van der Waals surface area contributed by atoms with E-state index in [1.54, 1.807) is 19.0 Å². The van der Waals surface area contributed by atoms with E-state index in [4.69, 9.17) is 16.3 Å². The van der Waals surface area contributed by atoms with Crippen molar-refractivity contribution in [2.75, 3.05) is 52.3 Å². The lowest BCUT2D eigenvalue weighted by Crippen LogP contribution is -2.57. The van der Waals surface area contributed by atoms with E-state index in [9.17, 15) is 27.9 Å². The number of benzene rings is 2. The predicted molar refractivity (Wildman–Crippen MR) is 151 cm³/mol. The van der Waals surface area contributed by atoms with Gasteiger partial charge in [-0.25, -0.2) is 0 Å². The second-order valence-corrected chi connectivity index (χ2v) is 11.7. The maximum Gasteiger partial charge on any atom is 0.430 e. The highest BCUT2D eigenvalue weighted by Gasteiger charge is 2.62. The van der Waals surface area contributed by atoms with Crippen LogP contribution in [0, 0.1) is 11.8 Å². The Morgan fingerprint density at radius 1 is 0.976 bits per heavy atom. The number of alkyl halides is 3. The number of nitrogens with zero attached hydrogens (tertiary/aromatic N) is 3. The van der Waals surface area contributed by atoms with Crippen molar-refractivity contribution in [3.63, 3.8) is 0 Å². The summed E-state index contributed by atoms with van der Waals surface area (Å²) in [5, 5.41) is 10.8. The maximum atomic E-state index is 14.2. The number of methoxy groups -OCH3 is 1. The number of rotatable bonds is 7. The fourth-order valence-electron chi connectivity index (χ4n) is 5.87. The molecule has 2 saturated heterocycles. The van der Waals surface area contributed by atoms with Crippen molar-refractivity contribution >= 4 is 29.1 Å². The molecule has 1 atom stereocenters. The summed E-state index contributed by atoms with van der Waals surface area (Å²) in [6.07, 6.45) is -1.11. The van der Waals surface area contributed by atoms with Gasteiger partial charge in [-0.15, -0.1) is 0 Å². The first-order chi connectivity index (χ1) is 19.3. The molecule has 0 saturated carbocycles. The first-order valence-corrected chi connectivity index (χ1v) is 14.2. The molecule has 41 heavy (non-hydrogen) atoms.